The Bertz CT molecular complexity index is 393. The molecule has 0 saturated heterocycles. The van der Waals surface area contributed by atoms with E-state index in [1.54, 1.807) is 0 Å². The summed E-state index contributed by atoms with van der Waals surface area (Å²) in [4.78, 5) is 12.1. The Kier molecular flexibility index (Phi) is 5.18. The molecule has 1 aliphatic carbocycles. The second-order valence-corrected chi connectivity index (χ2v) is 4.95. The molecule has 0 bridgehead atoms. The van der Waals surface area contributed by atoms with Crippen LogP contribution in [0.4, 0.5) is 11.9 Å². The minimum atomic E-state index is 0.191. The fourth-order valence-electron chi connectivity index (χ4n) is 2.53. The first-order chi connectivity index (χ1) is 9.28. The molecule has 1 saturated carbocycles. The van der Waals surface area contributed by atoms with Gasteiger partial charge in [0.2, 0.25) is 11.9 Å². The predicted molar refractivity (Wildman–Crippen MR) is 75.1 cm³/mol. The molecule has 3 N–H and O–H groups in total. The summed E-state index contributed by atoms with van der Waals surface area (Å²) in [6, 6.07) is 0.285. The van der Waals surface area contributed by atoms with E-state index in [2.05, 4.69) is 20.3 Å². The van der Waals surface area contributed by atoms with Gasteiger partial charge in [-0.05, 0) is 25.7 Å². The van der Waals surface area contributed by atoms with Gasteiger partial charge in [0, 0.05) is 6.54 Å². The molecule has 1 aromatic rings. The van der Waals surface area contributed by atoms with Gasteiger partial charge in [0.15, 0.2) is 0 Å². The highest BCUT2D eigenvalue weighted by Gasteiger charge is 2.14. The van der Waals surface area contributed by atoms with E-state index >= 15 is 0 Å². The molecule has 1 fully saturated rings. The molecule has 0 spiro atoms. The van der Waals surface area contributed by atoms with Gasteiger partial charge in [-0.2, -0.15) is 15.0 Å². The maximum atomic E-state index is 5.61. The molecule has 6 nitrogen and oxygen atoms in total. The van der Waals surface area contributed by atoms with Gasteiger partial charge in [0.1, 0.15) is 0 Å². The van der Waals surface area contributed by atoms with Gasteiger partial charge in [-0.1, -0.05) is 25.7 Å². The maximum absolute atomic E-state index is 5.61. The summed E-state index contributed by atoms with van der Waals surface area (Å²) in [7, 11) is 0. The van der Waals surface area contributed by atoms with Crippen LogP contribution < -0.4 is 15.8 Å². The van der Waals surface area contributed by atoms with E-state index in [1.807, 2.05) is 6.92 Å². The highest BCUT2D eigenvalue weighted by atomic mass is 16.5. The number of nitrogens with two attached hydrogens (primary N) is 1. The summed E-state index contributed by atoms with van der Waals surface area (Å²) >= 11 is 0. The number of aromatic nitrogens is 3. The van der Waals surface area contributed by atoms with E-state index in [1.165, 1.54) is 32.1 Å². The molecule has 6 heteroatoms. The van der Waals surface area contributed by atoms with E-state index in [4.69, 9.17) is 10.5 Å². The molecule has 1 heterocycles. The van der Waals surface area contributed by atoms with E-state index in [0.717, 1.165) is 18.9 Å². The smallest absolute Gasteiger partial charge is 0.323 e. The van der Waals surface area contributed by atoms with Crippen LogP contribution in [0.25, 0.3) is 0 Å². The first kappa shape index (κ1) is 13.8. The highest BCUT2D eigenvalue weighted by Crippen LogP contribution is 2.28. The fourth-order valence-corrected chi connectivity index (χ4v) is 2.53. The van der Waals surface area contributed by atoms with Crippen molar-refractivity contribution in [3.8, 4) is 6.01 Å². The lowest BCUT2D eigenvalue weighted by Gasteiger charge is -2.10. The average Bonchev–Trinajstić information content (AvgIpc) is 2.87. The van der Waals surface area contributed by atoms with Gasteiger partial charge in [-0.25, -0.2) is 0 Å². The Balaban J connectivity index is 1.75. The number of nitrogens with one attached hydrogen (secondary N) is 1. The van der Waals surface area contributed by atoms with E-state index in [9.17, 15) is 0 Å². The zero-order chi connectivity index (χ0) is 13.5. The monoisotopic (exact) mass is 265 g/mol. The second-order valence-electron chi connectivity index (χ2n) is 4.95. The fraction of sp³-hybridized carbons (Fsp3) is 0.769. The highest BCUT2D eigenvalue weighted by molar-refractivity contribution is 5.32. The van der Waals surface area contributed by atoms with E-state index in [0.29, 0.717) is 12.6 Å². The summed E-state index contributed by atoms with van der Waals surface area (Å²) in [5.41, 5.74) is 5.61. The summed E-state index contributed by atoms with van der Waals surface area (Å²) in [6.45, 7) is 3.27. The third kappa shape index (κ3) is 4.54. The lowest BCUT2D eigenvalue weighted by Crippen LogP contribution is -2.11. The average molecular weight is 265 g/mol. The number of nitrogens with zero attached hydrogens (tertiary/aromatic N) is 3. The number of hydrogen-bond donors (Lipinski definition) is 2. The second kappa shape index (κ2) is 7.11. The largest absolute Gasteiger partial charge is 0.464 e. The molecular formula is C13H23N5O. The van der Waals surface area contributed by atoms with Gasteiger partial charge in [-0.3, -0.25) is 0 Å². The van der Waals surface area contributed by atoms with E-state index < -0.39 is 0 Å². The molecule has 0 unspecified atom stereocenters. The van der Waals surface area contributed by atoms with Gasteiger partial charge in [-0.15, -0.1) is 0 Å². The van der Waals surface area contributed by atoms with Crippen LogP contribution in [-0.2, 0) is 0 Å². The molecular weight excluding hydrogens is 242 g/mol. The molecule has 0 amide bonds. The van der Waals surface area contributed by atoms with E-state index in [-0.39, 0.29) is 12.0 Å². The van der Waals surface area contributed by atoms with Crippen LogP contribution in [0.1, 0.15) is 45.4 Å². The van der Waals surface area contributed by atoms with Crippen molar-refractivity contribution in [1.82, 2.24) is 15.0 Å². The van der Waals surface area contributed by atoms with Crippen molar-refractivity contribution in [1.29, 1.82) is 0 Å². The molecule has 0 atom stereocenters. The van der Waals surface area contributed by atoms with Crippen LogP contribution in [-0.4, -0.2) is 28.1 Å². The van der Waals surface area contributed by atoms with Gasteiger partial charge < -0.3 is 15.8 Å². The molecule has 1 aliphatic rings. The minimum absolute atomic E-state index is 0.191. The topological polar surface area (TPSA) is 86.0 Å². The molecule has 106 valence electrons. The number of rotatable bonds is 7. The number of ether oxygens (including phenoxy) is 1. The van der Waals surface area contributed by atoms with Crippen molar-refractivity contribution in [3.05, 3.63) is 0 Å². The number of nitrogen functional groups attached to an aromatic ring is 1. The third-order valence-corrected chi connectivity index (χ3v) is 3.45. The lowest BCUT2D eigenvalue weighted by molar-refractivity contribution is 0.312. The normalized spacial score (nSPS) is 15.6. The van der Waals surface area contributed by atoms with Gasteiger partial charge >= 0.3 is 6.01 Å². The van der Waals surface area contributed by atoms with Crippen LogP contribution in [0.5, 0.6) is 6.01 Å². The van der Waals surface area contributed by atoms with Crippen LogP contribution in [0.3, 0.4) is 0 Å². The molecule has 0 radical (unpaired) electrons. The zero-order valence-electron chi connectivity index (χ0n) is 11.6. The zero-order valence-corrected chi connectivity index (χ0v) is 11.6. The van der Waals surface area contributed by atoms with Crippen LogP contribution in [0.15, 0.2) is 0 Å². The first-order valence-corrected chi connectivity index (χ1v) is 7.16. The Morgan fingerprint density at radius 3 is 2.79 bits per heavy atom. The summed E-state index contributed by atoms with van der Waals surface area (Å²) in [5.74, 6) is 1.61. The Morgan fingerprint density at radius 1 is 1.26 bits per heavy atom. The first-order valence-electron chi connectivity index (χ1n) is 7.16. The molecule has 1 aromatic heterocycles. The van der Waals surface area contributed by atoms with Gasteiger partial charge in [0.25, 0.3) is 0 Å². The maximum Gasteiger partial charge on any atom is 0.323 e. The molecule has 2 rings (SSSR count). The van der Waals surface area contributed by atoms with Crippen molar-refractivity contribution in [2.45, 2.75) is 45.4 Å². The lowest BCUT2D eigenvalue weighted by atomic mass is 10.0. The Labute approximate surface area is 114 Å². The van der Waals surface area contributed by atoms with Crippen molar-refractivity contribution in [2.75, 3.05) is 24.2 Å². The number of anilines is 2. The standard InChI is InChI=1S/C13H23N5O/c1-2-19-13-17-11(14)16-12(18-13)15-9-5-8-10-6-3-4-7-10/h10H,2-9H2,1H3,(H3,14,15,16,17,18). The Hall–Kier alpha value is -1.59. The molecule has 0 aliphatic heterocycles. The summed E-state index contributed by atoms with van der Waals surface area (Å²) in [5, 5.41) is 3.19. The van der Waals surface area contributed by atoms with Crippen molar-refractivity contribution >= 4 is 11.9 Å². The molecule has 0 aromatic carbocycles. The third-order valence-electron chi connectivity index (χ3n) is 3.45. The quantitative estimate of drug-likeness (QED) is 0.735. The van der Waals surface area contributed by atoms with Crippen LogP contribution in [0, 0.1) is 5.92 Å². The predicted octanol–water partition coefficient (Wildman–Crippen LogP) is 2.23. The van der Waals surface area contributed by atoms with Crippen molar-refractivity contribution in [2.24, 2.45) is 5.92 Å². The SMILES string of the molecule is CCOc1nc(N)nc(NCCCC2CCCC2)n1. The summed E-state index contributed by atoms with van der Waals surface area (Å²) < 4.78 is 5.23. The molecule has 19 heavy (non-hydrogen) atoms. The van der Waals surface area contributed by atoms with Gasteiger partial charge in [0.05, 0.1) is 6.61 Å². The van der Waals surface area contributed by atoms with Crippen LogP contribution >= 0.6 is 0 Å². The Morgan fingerprint density at radius 2 is 2.05 bits per heavy atom. The number of hydrogen-bond acceptors (Lipinski definition) is 6. The van der Waals surface area contributed by atoms with Crippen LogP contribution in [0.2, 0.25) is 0 Å². The van der Waals surface area contributed by atoms with Crippen molar-refractivity contribution in [3.63, 3.8) is 0 Å². The van der Waals surface area contributed by atoms with Crippen molar-refractivity contribution < 1.29 is 4.74 Å². The minimum Gasteiger partial charge on any atom is -0.464 e. The summed E-state index contributed by atoms with van der Waals surface area (Å²) in [6.07, 6.45) is 8.02.